The van der Waals surface area contributed by atoms with Crippen molar-refractivity contribution in [1.82, 2.24) is 97.6 Å². The molecule has 10 aromatic rings. The summed E-state index contributed by atoms with van der Waals surface area (Å²) in [6.45, 7) is 26.3. The average Bonchev–Trinajstić information content (AvgIpc) is 1.78. The summed E-state index contributed by atoms with van der Waals surface area (Å²) in [5, 5.41) is 110. The van der Waals surface area contributed by atoms with E-state index in [0.29, 0.717) is 93.6 Å². The van der Waals surface area contributed by atoms with Crippen LogP contribution >= 0.6 is 69.7 Å². The molecule has 15 rings (SSSR count). The van der Waals surface area contributed by atoms with Crippen LogP contribution in [0.4, 0.5) is 11.9 Å². The number of aryl methyl sites for hydroxylation is 3. The van der Waals surface area contributed by atoms with E-state index in [9.17, 15) is 75.0 Å². The lowest BCUT2D eigenvalue weighted by Crippen LogP contribution is -2.32. The van der Waals surface area contributed by atoms with Gasteiger partial charge in [0.25, 0.3) is 27.8 Å². The van der Waals surface area contributed by atoms with Gasteiger partial charge in [-0.3, -0.25) is 56.8 Å². The van der Waals surface area contributed by atoms with Gasteiger partial charge in [0.1, 0.15) is 78.5 Å². The second-order valence-corrected chi connectivity index (χ2v) is 64.2. The average molecular weight is 2080 g/mol. The summed E-state index contributed by atoms with van der Waals surface area (Å²) in [6.07, 6.45) is 19.9. The third kappa shape index (κ3) is 27.5. The highest BCUT2D eigenvalue weighted by molar-refractivity contribution is 7.99. The minimum atomic E-state index is -1.28. The summed E-state index contributed by atoms with van der Waals surface area (Å²) in [6, 6.07) is 0. The number of thioether (sulfide) groups is 3. The number of anilines is 2. The number of aromatic nitrogens is 20. The minimum absolute atomic E-state index is 0.151. The van der Waals surface area contributed by atoms with Gasteiger partial charge in [0, 0.05) is 38.4 Å². The Morgan fingerprint density at radius 2 is 0.645 bits per heavy atom. The SMILES string of the molecule is C=P(C)(C)CC[C@H]1O[C@@H](n2c(SCCC)nc3c(=O)[nH]c(C)nc32)[C@H](O)[C@@H]1O.C=P(C)(C)CC[C@H]1O[C@@H](n2c(SCCCC)nc3c(=O)[nH]c(C)nc32)[C@H](O)[C@@H]1O.C=P(C)(C)CC[C@H]1O[C@@H](n2c(SCCCCC)nc3c(=O)[nH]c(C)nc32)[C@H](O)[C@@H]1O.C=P(C)(C)CC[C@H]1O[C@@H](n2cnc3c(=O)[nH]c(N(C)C)nc32)[C@H](O)[C@@H]1O.C=P(C)(C)CC[C@H]1O[C@@H](n2cnc3c(=O)[nH]c(NC)nc32)[C@H](O)[C@@H]1O. The molecular formula is C88H143N22O20P5S3. The van der Waals surface area contributed by atoms with Crippen molar-refractivity contribution in [2.75, 3.05) is 146 Å². The van der Waals surface area contributed by atoms with E-state index in [4.69, 9.17) is 23.7 Å². The first-order valence-corrected chi connectivity index (χ1v) is 64.5. The molecule has 0 bridgehead atoms. The van der Waals surface area contributed by atoms with Crippen LogP contribution in [0.25, 0.3) is 55.8 Å². The van der Waals surface area contributed by atoms with E-state index in [2.05, 4.69) is 199 Å². The molecule has 0 spiro atoms. The number of nitrogens with zero attached hydrogens (tertiary/aromatic N) is 16. The highest BCUT2D eigenvalue weighted by atomic mass is 32.2. The Balaban J connectivity index is 0.000000166. The third-order valence-electron chi connectivity index (χ3n) is 23.7. The van der Waals surface area contributed by atoms with E-state index in [1.54, 1.807) is 60.5 Å². The Labute approximate surface area is 814 Å². The fourth-order valence-corrected chi connectivity index (χ4v) is 23.9. The number of hydrogen-bond donors (Lipinski definition) is 16. The Morgan fingerprint density at radius 1 is 0.362 bits per heavy atom. The summed E-state index contributed by atoms with van der Waals surface area (Å²) < 4.78 is 38.2. The molecule has 5 saturated heterocycles. The number of aromatic amines is 5. The van der Waals surface area contributed by atoms with Crippen LogP contribution < -0.4 is 38.0 Å². The van der Waals surface area contributed by atoms with Gasteiger partial charge in [0.2, 0.25) is 11.9 Å². The largest absolute Gasteiger partial charge is 0.388 e. The molecular weight excluding hydrogens is 1940 g/mol. The summed E-state index contributed by atoms with van der Waals surface area (Å²) in [5.74, 6) is 4.50. The summed E-state index contributed by atoms with van der Waals surface area (Å²) in [7, 11) is 5.15. The molecule has 10 aromatic heterocycles. The van der Waals surface area contributed by atoms with Gasteiger partial charge in [-0.1, -0.05) is 75.3 Å². The van der Waals surface area contributed by atoms with Gasteiger partial charge in [0.15, 0.2) is 102 Å². The van der Waals surface area contributed by atoms with Gasteiger partial charge < -0.3 is 99.9 Å². The molecule has 50 heteroatoms. The molecule has 0 amide bonds. The number of aliphatic hydroxyl groups excluding tert-OH is 10. The fourth-order valence-electron chi connectivity index (χ4n) is 16.1. The topological polar surface area (TPSA) is 582 Å². The number of fused-ring (bicyclic) bond motifs is 5. The van der Waals surface area contributed by atoms with Crippen LogP contribution in [-0.4, -0.2) is 408 Å². The number of nitrogens with one attached hydrogen (secondary N) is 6. The first-order chi connectivity index (χ1) is 64.6. The standard InChI is InChI=1S/C20H33N4O4PS.C19H31N4O4PS.C18H29N4O4PS.C16H26N5O4P.C15H24N5O4P/c1-6-7-8-11-30-20-23-14-17(21-12(2)22-18(14)27)24(20)19-16(26)15(25)13(28-19)9-10-29(3,4)5;1-6-7-10-29-19-22-13-16(20-11(2)21-17(13)26)23(19)18-15(25)14(24)12(27-18)8-9-28(3,4)5;1-6-9-28-18-21-12-15(19-10(2)20-16(12)25)22(18)17-14(24)13(23)11(26-17)7-8-27(3,4)5;1-20(2)16-18-13-10(14(24)19-16)17-8-21(13)15-12(23)11(22)9(25-15)6-7-26(3,4)5;1-16-15-18-12-9(13(23)19-15)17-7-20(12)14-11(22)10(21)8(24-14)5-6-25(2,3)4/h13,15-16,19,25-26H,3,6-11H2,1-2,4-5H3,(H,21,22,27);12,14-15,18,24-25H,3,6-10H2,1-2,4-5H3,(H,20,21,26);11,13-14,17,23-24H,3,6-9H2,1-2,4-5H3,(H,19,20,25);8-9,11-12,15,22-23H,3,6-7H2,1-2,4-5H3,(H,18,19,24);7-8,10-11,14,21-22H,2,5-6H2,1,3-4H3,(H2,16,18,19,23)/t13-,15-,16-,19-;12-,14-,15-,18-;11-,13-,14-,17-;9-,11-,12-,15-;8-,10-,11-,14-/m11111/s1. The number of H-pyrrole nitrogens is 5. The Hall–Kier alpha value is -6.70. The van der Waals surface area contributed by atoms with Crippen LogP contribution in [-0.2, 0) is 23.7 Å². The van der Waals surface area contributed by atoms with Crippen LogP contribution in [0, 0.1) is 20.8 Å². The maximum absolute atomic E-state index is 12.4. The monoisotopic (exact) mass is 2080 g/mol. The number of hydrogen-bond acceptors (Lipinski definition) is 35. The van der Waals surface area contributed by atoms with Crippen LogP contribution in [0.3, 0.4) is 0 Å². The number of aliphatic hydroxyl groups is 10. The molecule has 0 radical (unpaired) electrons. The zero-order valence-corrected chi connectivity index (χ0v) is 89.3. The van der Waals surface area contributed by atoms with Crippen LogP contribution in [0.1, 0.15) is 140 Å². The van der Waals surface area contributed by atoms with Crippen molar-refractivity contribution in [3.05, 3.63) is 81.9 Å². The Kier molecular flexibility index (Phi) is 38.0. The summed E-state index contributed by atoms with van der Waals surface area (Å²) >= 11 is 4.50. The Bertz CT molecular complexity index is 6450. The molecule has 0 aromatic carbocycles. The molecule has 0 unspecified atom stereocenters. The maximum atomic E-state index is 12.4. The first kappa shape index (κ1) is 112. The highest BCUT2D eigenvalue weighted by Crippen LogP contribution is 2.47. The van der Waals surface area contributed by atoms with Gasteiger partial charge in [-0.25, -0.2) is 39.9 Å². The predicted octanol–water partition coefficient (Wildman–Crippen LogP) is 5.90. The molecule has 0 aliphatic carbocycles. The quantitative estimate of drug-likeness (QED) is 0.0127. The molecule has 15 heterocycles. The van der Waals surface area contributed by atoms with Gasteiger partial charge in [0.05, 0.1) is 43.2 Å². The van der Waals surface area contributed by atoms with Gasteiger partial charge in [-0.05, 0) is 170 Å². The maximum Gasteiger partial charge on any atom is 0.280 e. The molecule has 42 nitrogen and oxygen atoms in total. The molecule has 5 aliphatic rings. The van der Waals surface area contributed by atoms with Crippen molar-refractivity contribution in [2.24, 2.45) is 0 Å². The minimum Gasteiger partial charge on any atom is -0.388 e. The lowest BCUT2D eigenvalue weighted by atomic mass is 10.1. The molecule has 768 valence electrons. The van der Waals surface area contributed by atoms with E-state index in [1.165, 1.54) is 57.1 Å². The number of ether oxygens (including phenoxy) is 5. The smallest absolute Gasteiger partial charge is 0.280 e. The van der Waals surface area contributed by atoms with Crippen molar-refractivity contribution in [3.63, 3.8) is 0 Å². The summed E-state index contributed by atoms with van der Waals surface area (Å²) in [5.41, 5.74) is 0.926. The predicted molar refractivity (Wildman–Crippen MR) is 562 cm³/mol. The van der Waals surface area contributed by atoms with E-state index in [1.807, 2.05) is 0 Å². The van der Waals surface area contributed by atoms with Crippen molar-refractivity contribution in [1.29, 1.82) is 0 Å². The van der Waals surface area contributed by atoms with E-state index >= 15 is 0 Å². The van der Waals surface area contributed by atoms with Gasteiger partial charge in [-0.15, -0.1) is 65.9 Å². The second-order valence-electron chi connectivity index (χ2n) is 39.4. The first-order valence-electron chi connectivity index (χ1n) is 46.2. The highest BCUT2D eigenvalue weighted by Gasteiger charge is 2.50. The van der Waals surface area contributed by atoms with Crippen LogP contribution in [0.15, 0.2) is 52.1 Å². The van der Waals surface area contributed by atoms with Gasteiger partial charge in [-0.2, -0.15) is 9.97 Å². The second kappa shape index (κ2) is 47.0. The normalized spacial score (nSPS) is 25.8. The van der Waals surface area contributed by atoms with Gasteiger partial charge >= 0.3 is 0 Å². The van der Waals surface area contributed by atoms with E-state index in [-0.39, 0.29) is 67.0 Å². The van der Waals surface area contributed by atoms with Crippen LogP contribution in [0.2, 0.25) is 0 Å². The third-order valence-corrected chi connectivity index (χ3v) is 34.2. The van der Waals surface area contributed by atoms with Crippen molar-refractivity contribution >= 4 is 169 Å². The number of imidazole rings is 5. The fraction of sp³-hybridized carbons (Fsp3) is 0.659. The molecule has 5 fully saturated rings. The molecule has 0 saturated carbocycles. The van der Waals surface area contributed by atoms with Crippen molar-refractivity contribution < 1.29 is 74.7 Å². The van der Waals surface area contributed by atoms with Crippen molar-refractivity contribution in [2.45, 2.75) is 250 Å². The lowest BCUT2D eigenvalue weighted by molar-refractivity contribution is -0.0400. The zero-order chi connectivity index (χ0) is 102. The van der Waals surface area contributed by atoms with E-state index in [0.717, 1.165) is 86.6 Å². The summed E-state index contributed by atoms with van der Waals surface area (Å²) in [4.78, 5) is 120. The zero-order valence-electron chi connectivity index (χ0n) is 82.3. The number of unbranched alkanes of at least 4 members (excludes halogenated alkanes) is 3. The Morgan fingerprint density at radius 3 is 0.942 bits per heavy atom. The van der Waals surface area contributed by atoms with Crippen LogP contribution in [0.5, 0.6) is 0 Å². The molecule has 16 N–H and O–H groups in total. The molecule has 5 aliphatic heterocycles. The van der Waals surface area contributed by atoms with Crippen molar-refractivity contribution in [3.8, 4) is 0 Å². The van der Waals surface area contributed by atoms with E-state index < -0.39 is 157 Å². The molecule has 138 heavy (non-hydrogen) atoms. The lowest BCUT2D eigenvalue weighted by Gasteiger charge is -2.20. The number of rotatable bonds is 34. The molecule has 20 atom stereocenters.